The number of aromatic amines is 1. The van der Waals surface area contributed by atoms with Crippen LogP contribution in [0.1, 0.15) is 17.6 Å². The summed E-state index contributed by atoms with van der Waals surface area (Å²) in [7, 11) is 0. The zero-order valence-electron chi connectivity index (χ0n) is 6.28. The molecule has 0 spiro atoms. The van der Waals surface area contributed by atoms with E-state index in [0.717, 1.165) is 0 Å². The minimum Gasteiger partial charge on any atom is -0.328 e. The van der Waals surface area contributed by atoms with Gasteiger partial charge in [-0.05, 0) is 21.5 Å². The second-order valence-corrected chi connectivity index (χ2v) is 3.37. The zero-order chi connectivity index (χ0) is 10.0. The van der Waals surface area contributed by atoms with Crippen molar-refractivity contribution in [3.63, 3.8) is 0 Å². The van der Waals surface area contributed by atoms with Crippen molar-refractivity contribution in [1.82, 2.24) is 4.98 Å². The maximum atomic E-state index is 12.4. The summed E-state index contributed by atoms with van der Waals surface area (Å²) in [4.78, 5) is 13.2. The number of pyridine rings is 1. The van der Waals surface area contributed by atoms with Crippen molar-refractivity contribution < 1.29 is 8.78 Å². The SMILES string of the molecule is O=c1[nH]cc(CCl)c(C(F)F)c1Br. The van der Waals surface area contributed by atoms with Crippen molar-refractivity contribution in [3.05, 3.63) is 32.2 Å². The Bertz CT molecular complexity index is 366. The first-order valence-corrected chi connectivity index (χ1v) is 4.64. The maximum Gasteiger partial charge on any atom is 0.265 e. The quantitative estimate of drug-likeness (QED) is 0.825. The average Bonchev–Trinajstić information content (AvgIpc) is 2.08. The molecule has 72 valence electrons. The van der Waals surface area contributed by atoms with Gasteiger partial charge in [0.05, 0.1) is 4.47 Å². The summed E-state index contributed by atoms with van der Waals surface area (Å²) in [5, 5.41) is 0. The third-order valence-corrected chi connectivity index (χ3v) is 2.60. The standard InChI is InChI=1S/C7H5BrClF2NO/c8-5-4(6(10)11)3(1-9)2-12-7(5)13/h2,6H,1H2,(H,12,13). The minimum atomic E-state index is -2.70. The van der Waals surface area contributed by atoms with Gasteiger partial charge in [-0.3, -0.25) is 4.79 Å². The molecule has 0 fully saturated rings. The molecule has 2 nitrogen and oxygen atoms in total. The second kappa shape index (κ2) is 4.19. The first-order chi connectivity index (χ1) is 6.07. The number of nitrogens with one attached hydrogen (secondary N) is 1. The predicted molar refractivity (Wildman–Crippen MR) is 49.3 cm³/mol. The molecule has 13 heavy (non-hydrogen) atoms. The Labute approximate surface area is 86.0 Å². The maximum absolute atomic E-state index is 12.4. The molecule has 0 atom stereocenters. The fourth-order valence-corrected chi connectivity index (χ4v) is 1.67. The summed E-state index contributed by atoms with van der Waals surface area (Å²) in [6.07, 6.45) is -1.51. The molecule has 0 bridgehead atoms. The van der Waals surface area contributed by atoms with Crippen LogP contribution in [0.5, 0.6) is 0 Å². The van der Waals surface area contributed by atoms with E-state index in [-0.39, 0.29) is 21.5 Å². The molecule has 0 amide bonds. The molecule has 0 aromatic carbocycles. The molecule has 0 radical (unpaired) electrons. The smallest absolute Gasteiger partial charge is 0.265 e. The number of H-pyrrole nitrogens is 1. The van der Waals surface area contributed by atoms with Crippen molar-refractivity contribution in [1.29, 1.82) is 0 Å². The van der Waals surface area contributed by atoms with Crippen LogP contribution in [0.15, 0.2) is 15.5 Å². The van der Waals surface area contributed by atoms with Gasteiger partial charge in [-0.1, -0.05) is 0 Å². The van der Waals surface area contributed by atoms with Crippen molar-refractivity contribution in [2.45, 2.75) is 12.3 Å². The molecule has 0 aliphatic rings. The van der Waals surface area contributed by atoms with Gasteiger partial charge >= 0.3 is 0 Å². The third-order valence-electron chi connectivity index (χ3n) is 1.52. The Morgan fingerprint density at radius 2 is 2.23 bits per heavy atom. The number of aromatic nitrogens is 1. The summed E-state index contributed by atoms with van der Waals surface area (Å²) in [5.41, 5.74) is -0.689. The van der Waals surface area contributed by atoms with Crippen LogP contribution < -0.4 is 5.56 Å². The molecule has 0 unspecified atom stereocenters. The largest absolute Gasteiger partial charge is 0.328 e. The average molecular weight is 272 g/mol. The van der Waals surface area contributed by atoms with Gasteiger partial charge in [-0.2, -0.15) is 0 Å². The molecular formula is C7H5BrClF2NO. The molecule has 0 saturated carbocycles. The Hall–Kier alpha value is -0.420. The highest BCUT2D eigenvalue weighted by atomic mass is 79.9. The van der Waals surface area contributed by atoms with Gasteiger partial charge in [0.2, 0.25) is 0 Å². The van der Waals surface area contributed by atoms with E-state index in [1.54, 1.807) is 0 Å². The lowest BCUT2D eigenvalue weighted by Gasteiger charge is -2.06. The lowest BCUT2D eigenvalue weighted by atomic mass is 10.2. The molecule has 1 aromatic heterocycles. The summed E-state index contributed by atoms with van der Waals surface area (Å²) < 4.78 is 24.7. The van der Waals surface area contributed by atoms with E-state index < -0.39 is 12.0 Å². The van der Waals surface area contributed by atoms with Crippen molar-refractivity contribution in [2.75, 3.05) is 0 Å². The van der Waals surface area contributed by atoms with Gasteiger partial charge < -0.3 is 4.98 Å². The van der Waals surface area contributed by atoms with Crippen molar-refractivity contribution in [3.8, 4) is 0 Å². The van der Waals surface area contributed by atoms with E-state index >= 15 is 0 Å². The van der Waals surface area contributed by atoms with Gasteiger partial charge in [0.25, 0.3) is 12.0 Å². The molecule has 1 rings (SSSR count). The molecule has 0 aliphatic heterocycles. The third kappa shape index (κ3) is 2.08. The van der Waals surface area contributed by atoms with Crippen LogP contribution in [-0.4, -0.2) is 4.98 Å². The van der Waals surface area contributed by atoms with Crippen molar-refractivity contribution in [2.24, 2.45) is 0 Å². The summed E-state index contributed by atoms with van der Waals surface area (Å²) >= 11 is 8.21. The van der Waals surface area contributed by atoms with Gasteiger partial charge in [0.15, 0.2) is 0 Å². The number of alkyl halides is 3. The fourth-order valence-electron chi connectivity index (χ4n) is 0.904. The van der Waals surface area contributed by atoms with Crippen LogP contribution >= 0.6 is 27.5 Å². The first kappa shape index (κ1) is 10.7. The Morgan fingerprint density at radius 1 is 1.62 bits per heavy atom. The predicted octanol–water partition coefficient (Wildman–Crippen LogP) is 2.81. The summed E-state index contributed by atoms with van der Waals surface area (Å²) in [6, 6.07) is 0. The Balaban J connectivity index is 3.41. The van der Waals surface area contributed by atoms with Gasteiger partial charge in [0.1, 0.15) is 0 Å². The lowest BCUT2D eigenvalue weighted by Crippen LogP contribution is -2.11. The monoisotopic (exact) mass is 271 g/mol. The summed E-state index contributed by atoms with van der Waals surface area (Å²) in [5.74, 6) is -0.0605. The van der Waals surface area contributed by atoms with Gasteiger partial charge in [-0.15, -0.1) is 11.6 Å². The lowest BCUT2D eigenvalue weighted by molar-refractivity contribution is 0.149. The van der Waals surface area contributed by atoms with E-state index in [9.17, 15) is 13.6 Å². The van der Waals surface area contributed by atoms with Crippen LogP contribution in [0.25, 0.3) is 0 Å². The van der Waals surface area contributed by atoms with E-state index in [1.165, 1.54) is 6.20 Å². The highest BCUT2D eigenvalue weighted by Gasteiger charge is 2.18. The molecular weight excluding hydrogens is 267 g/mol. The second-order valence-electron chi connectivity index (χ2n) is 2.31. The number of hydrogen-bond acceptors (Lipinski definition) is 1. The fraction of sp³-hybridized carbons (Fsp3) is 0.286. The van der Waals surface area contributed by atoms with Crippen LogP contribution in [-0.2, 0) is 5.88 Å². The van der Waals surface area contributed by atoms with E-state index in [1.807, 2.05) is 0 Å². The van der Waals surface area contributed by atoms with E-state index in [2.05, 4.69) is 20.9 Å². The van der Waals surface area contributed by atoms with Gasteiger partial charge in [0, 0.05) is 17.6 Å². The number of hydrogen-bond donors (Lipinski definition) is 1. The molecule has 1 heterocycles. The van der Waals surface area contributed by atoms with E-state index in [4.69, 9.17) is 11.6 Å². The molecule has 1 aromatic rings. The number of rotatable bonds is 2. The van der Waals surface area contributed by atoms with Crippen LogP contribution in [0.2, 0.25) is 0 Å². The first-order valence-electron chi connectivity index (χ1n) is 3.32. The van der Waals surface area contributed by atoms with Gasteiger partial charge in [-0.25, -0.2) is 8.78 Å². The molecule has 1 N–H and O–H groups in total. The van der Waals surface area contributed by atoms with Crippen molar-refractivity contribution >= 4 is 27.5 Å². The van der Waals surface area contributed by atoms with E-state index in [0.29, 0.717) is 0 Å². The van der Waals surface area contributed by atoms with Crippen LogP contribution in [0.3, 0.4) is 0 Å². The highest BCUT2D eigenvalue weighted by Crippen LogP contribution is 2.28. The normalized spacial score (nSPS) is 10.8. The molecule has 6 heteroatoms. The Kier molecular flexibility index (Phi) is 3.44. The topological polar surface area (TPSA) is 32.9 Å². The number of halogens is 4. The molecule has 0 saturated heterocycles. The minimum absolute atomic E-state index is 0.0605. The zero-order valence-corrected chi connectivity index (χ0v) is 8.62. The highest BCUT2D eigenvalue weighted by molar-refractivity contribution is 9.10. The molecule has 0 aliphatic carbocycles. The van der Waals surface area contributed by atoms with Crippen LogP contribution in [0.4, 0.5) is 8.78 Å². The Morgan fingerprint density at radius 3 is 2.69 bits per heavy atom. The summed E-state index contributed by atoms with van der Waals surface area (Å²) in [6.45, 7) is 0. The van der Waals surface area contributed by atoms with Crippen LogP contribution in [0, 0.1) is 0 Å².